The molecule has 6 nitrogen and oxygen atoms in total. The number of rotatable bonds is 9. The van der Waals surface area contributed by atoms with Crippen molar-refractivity contribution in [3.05, 3.63) is 0 Å². The van der Waals surface area contributed by atoms with Gasteiger partial charge in [-0.2, -0.15) is 0 Å². The van der Waals surface area contributed by atoms with Crippen LogP contribution in [-0.4, -0.2) is 34.1 Å². The molecule has 0 radical (unpaired) electrons. The molecule has 18 heavy (non-hydrogen) atoms. The van der Waals surface area contributed by atoms with Crippen LogP contribution in [0.15, 0.2) is 0 Å². The van der Waals surface area contributed by atoms with Gasteiger partial charge in [-0.15, -0.1) is 0 Å². The van der Waals surface area contributed by atoms with Crippen molar-refractivity contribution in [3.63, 3.8) is 0 Å². The SMILES string of the molecule is CCCCC(CC)C(=O)N[C@@H](CC(=O)O)C(=O)O. The van der Waals surface area contributed by atoms with Crippen LogP contribution in [0.4, 0.5) is 0 Å². The zero-order chi connectivity index (χ0) is 14.1. The average molecular weight is 259 g/mol. The molecule has 0 aliphatic heterocycles. The highest BCUT2D eigenvalue weighted by atomic mass is 16.4. The van der Waals surface area contributed by atoms with Crippen molar-refractivity contribution in [2.75, 3.05) is 0 Å². The van der Waals surface area contributed by atoms with Crippen LogP contribution in [0.2, 0.25) is 0 Å². The topological polar surface area (TPSA) is 104 Å². The van der Waals surface area contributed by atoms with E-state index in [4.69, 9.17) is 10.2 Å². The smallest absolute Gasteiger partial charge is 0.326 e. The number of hydrogen-bond acceptors (Lipinski definition) is 3. The van der Waals surface area contributed by atoms with E-state index in [2.05, 4.69) is 5.32 Å². The van der Waals surface area contributed by atoms with Crippen molar-refractivity contribution >= 4 is 17.8 Å². The molecular weight excluding hydrogens is 238 g/mol. The predicted octanol–water partition coefficient (Wildman–Crippen LogP) is 1.25. The summed E-state index contributed by atoms with van der Waals surface area (Å²) in [5.74, 6) is -3.19. The molecule has 104 valence electrons. The molecule has 0 spiro atoms. The molecular formula is C12H21NO5. The third-order valence-corrected chi connectivity index (χ3v) is 2.76. The maximum Gasteiger partial charge on any atom is 0.326 e. The molecule has 2 atom stereocenters. The molecule has 0 aliphatic carbocycles. The molecule has 0 rings (SSSR count). The number of carboxylic acids is 2. The second-order valence-electron chi connectivity index (χ2n) is 4.24. The summed E-state index contributed by atoms with van der Waals surface area (Å²) in [6, 6.07) is -1.36. The van der Waals surface area contributed by atoms with Gasteiger partial charge >= 0.3 is 11.9 Å². The molecule has 0 aromatic carbocycles. The lowest BCUT2D eigenvalue weighted by Gasteiger charge is -2.18. The van der Waals surface area contributed by atoms with E-state index in [-0.39, 0.29) is 11.8 Å². The van der Waals surface area contributed by atoms with Gasteiger partial charge in [0, 0.05) is 5.92 Å². The third kappa shape index (κ3) is 6.22. The van der Waals surface area contributed by atoms with E-state index in [0.29, 0.717) is 12.8 Å². The first-order chi connectivity index (χ1) is 8.42. The van der Waals surface area contributed by atoms with Crippen LogP contribution in [0.25, 0.3) is 0 Å². The minimum Gasteiger partial charge on any atom is -0.481 e. The van der Waals surface area contributed by atoms with Crippen molar-refractivity contribution in [1.29, 1.82) is 0 Å². The van der Waals surface area contributed by atoms with E-state index in [9.17, 15) is 14.4 Å². The van der Waals surface area contributed by atoms with Crippen LogP contribution in [0.5, 0.6) is 0 Å². The van der Waals surface area contributed by atoms with Gasteiger partial charge in [-0.3, -0.25) is 9.59 Å². The summed E-state index contributed by atoms with van der Waals surface area (Å²) in [5, 5.41) is 19.7. The van der Waals surface area contributed by atoms with Gasteiger partial charge in [0.15, 0.2) is 0 Å². The number of amides is 1. The normalized spacial score (nSPS) is 13.7. The zero-order valence-corrected chi connectivity index (χ0v) is 10.8. The van der Waals surface area contributed by atoms with Gasteiger partial charge in [0.2, 0.25) is 5.91 Å². The molecule has 6 heteroatoms. The minimum absolute atomic E-state index is 0.249. The minimum atomic E-state index is -1.36. The Balaban J connectivity index is 4.46. The quantitative estimate of drug-likeness (QED) is 0.578. The van der Waals surface area contributed by atoms with Crippen LogP contribution in [0.1, 0.15) is 46.0 Å². The average Bonchev–Trinajstić information content (AvgIpc) is 2.28. The van der Waals surface area contributed by atoms with Crippen LogP contribution >= 0.6 is 0 Å². The Labute approximate surface area is 106 Å². The lowest BCUT2D eigenvalue weighted by molar-refractivity contribution is -0.147. The molecule has 0 aromatic rings. The van der Waals surface area contributed by atoms with Gasteiger partial charge in [0.25, 0.3) is 0 Å². The lowest BCUT2D eigenvalue weighted by Crippen LogP contribution is -2.44. The Hall–Kier alpha value is -1.59. The van der Waals surface area contributed by atoms with Crippen LogP contribution in [0, 0.1) is 5.92 Å². The summed E-state index contributed by atoms with van der Waals surface area (Å²) in [7, 11) is 0. The van der Waals surface area contributed by atoms with Gasteiger partial charge in [0.1, 0.15) is 6.04 Å². The summed E-state index contributed by atoms with van der Waals surface area (Å²) in [6.07, 6.45) is 2.55. The monoisotopic (exact) mass is 259 g/mol. The predicted molar refractivity (Wildman–Crippen MR) is 65.1 cm³/mol. The molecule has 0 saturated heterocycles. The fourth-order valence-corrected chi connectivity index (χ4v) is 1.64. The van der Waals surface area contributed by atoms with Gasteiger partial charge < -0.3 is 15.5 Å². The molecule has 0 bridgehead atoms. The van der Waals surface area contributed by atoms with Gasteiger partial charge in [-0.25, -0.2) is 4.79 Å². The number of aliphatic carboxylic acids is 2. The highest BCUT2D eigenvalue weighted by Gasteiger charge is 2.25. The first-order valence-corrected chi connectivity index (χ1v) is 6.17. The third-order valence-electron chi connectivity index (χ3n) is 2.76. The Morgan fingerprint density at radius 1 is 1.17 bits per heavy atom. The van der Waals surface area contributed by atoms with E-state index in [1.165, 1.54) is 0 Å². The summed E-state index contributed by atoms with van der Waals surface area (Å²) >= 11 is 0. The van der Waals surface area contributed by atoms with Crippen LogP contribution in [-0.2, 0) is 14.4 Å². The van der Waals surface area contributed by atoms with Crippen LogP contribution < -0.4 is 5.32 Å². The van der Waals surface area contributed by atoms with Crippen molar-refractivity contribution in [2.24, 2.45) is 5.92 Å². The van der Waals surface area contributed by atoms with E-state index in [0.717, 1.165) is 12.8 Å². The highest BCUT2D eigenvalue weighted by molar-refractivity contribution is 5.87. The maximum absolute atomic E-state index is 11.8. The van der Waals surface area contributed by atoms with Crippen molar-refractivity contribution in [3.8, 4) is 0 Å². The first kappa shape index (κ1) is 16.4. The van der Waals surface area contributed by atoms with Gasteiger partial charge in [0.05, 0.1) is 6.42 Å². The second-order valence-corrected chi connectivity index (χ2v) is 4.24. The fourth-order valence-electron chi connectivity index (χ4n) is 1.64. The molecule has 0 aromatic heterocycles. The summed E-state index contributed by atoms with van der Waals surface area (Å²) in [6.45, 7) is 3.86. The fraction of sp³-hybridized carbons (Fsp3) is 0.750. The zero-order valence-electron chi connectivity index (χ0n) is 10.8. The lowest BCUT2D eigenvalue weighted by atomic mass is 9.98. The standard InChI is InChI=1S/C12H21NO5/c1-3-5-6-8(4-2)11(16)13-9(12(17)18)7-10(14)15/h8-9H,3-7H2,1-2H3,(H,13,16)(H,14,15)(H,17,18)/t8?,9-/m0/s1. The highest BCUT2D eigenvalue weighted by Crippen LogP contribution is 2.13. The van der Waals surface area contributed by atoms with Crippen molar-refractivity contribution < 1.29 is 24.6 Å². The van der Waals surface area contributed by atoms with E-state index >= 15 is 0 Å². The summed E-state index contributed by atoms with van der Waals surface area (Å²) in [4.78, 5) is 33.1. The first-order valence-electron chi connectivity index (χ1n) is 6.17. The van der Waals surface area contributed by atoms with Crippen molar-refractivity contribution in [1.82, 2.24) is 5.32 Å². The Morgan fingerprint density at radius 3 is 2.17 bits per heavy atom. The molecule has 0 fully saturated rings. The summed E-state index contributed by atoms with van der Waals surface area (Å²) in [5.41, 5.74) is 0. The molecule has 0 aliphatic rings. The number of carbonyl (C=O) groups excluding carboxylic acids is 1. The number of carbonyl (C=O) groups is 3. The van der Waals surface area contributed by atoms with Gasteiger partial charge in [-0.05, 0) is 12.8 Å². The molecule has 3 N–H and O–H groups in total. The molecule has 1 amide bonds. The van der Waals surface area contributed by atoms with E-state index < -0.39 is 24.4 Å². The molecule has 0 saturated carbocycles. The van der Waals surface area contributed by atoms with Gasteiger partial charge in [-0.1, -0.05) is 26.7 Å². The number of hydrogen-bond donors (Lipinski definition) is 3. The Bertz CT molecular complexity index is 303. The summed E-state index contributed by atoms with van der Waals surface area (Å²) < 4.78 is 0. The maximum atomic E-state index is 11.8. The number of carboxylic acid groups (broad SMARTS) is 2. The Kier molecular flexibility index (Phi) is 7.74. The molecule has 0 heterocycles. The van der Waals surface area contributed by atoms with Crippen LogP contribution in [0.3, 0.4) is 0 Å². The molecule has 1 unspecified atom stereocenters. The Morgan fingerprint density at radius 2 is 1.78 bits per heavy atom. The van der Waals surface area contributed by atoms with Crippen molar-refractivity contribution in [2.45, 2.75) is 52.0 Å². The number of nitrogens with one attached hydrogen (secondary N) is 1. The largest absolute Gasteiger partial charge is 0.481 e. The second kappa shape index (κ2) is 8.49. The van der Waals surface area contributed by atoms with E-state index in [1.807, 2.05) is 13.8 Å². The number of unbranched alkanes of at least 4 members (excludes halogenated alkanes) is 1. The van der Waals surface area contributed by atoms with E-state index in [1.54, 1.807) is 0 Å².